The lowest BCUT2D eigenvalue weighted by molar-refractivity contribution is -0.384. The zero-order valence-electron chi connectivity index (χ0n) is 14.1. The summed E-state index contributed by atoms with van der Waals surface area (Å²) in [7, 11) is -4.42. The minimum Gasteiger partial charge on any atom is -0.465 e. The van der Waals surface area contributed by atoms with Gasteiger partial charge in [0.2, 0.25) is 0 Å². The van der Waals surface area contributed by atoms with E-state index in [9.17, 15) is 23.3 Å². The monoisotopic (exact) mass is 479 g/mol. The van der Waals surface area contributed by atoms with Gasteiger partial charge in [-0.3, -0.25) is 10.1 Å². The molecule has 0 heterocycles. The number of hydrogen-bond acceptors (Lipinski definition) is 7. The number of carbonyl (C=O) groups is 1. The summed E-state index contributed by atoms with van der Waals surface area (Å²) in [4.78, 5) is 20.4. The molecule has 0 aliphatic rings. The molecule has 0 aliphatic carbocycles. The molecule has 14 heteroatoms. The zero-order chi connectivity index (χ0) is 21.8. The van der Waals surface area contributed by atoms with Gasteiger partial charge in [-0.2, -0.15) is 8.42 Å². The second kappa shape index (κ2) is 9.22. The van der Waals surface area contributed by atoms with Crippen LogP contribution in [0.25, 0.3) is 0 Å². The van der Waals surface area contributed by atoms with E-state index in [0.717, 1.165) is 18.2 Å². The molecule has 0 aliphatic heterocycles. The lowest BCUT2D eigenvalue weighted by Gasteiger charge is -2.11. The van der Waals surface area contributed by atoms with Crippen LogP contribution in [0.4, 0.5) is 16.2 Å². The number of nitro groups is 1. The van der Waals surface area contributed by atoms with Gasteiger partial charge in [0.25, 0.3) is 5.69 Å². The average Bonchev–Trinajstić information content (AvgIpc) is 2.62. The van der Waals surface area contributed by atoms with Gasteiger partial charge in [0.05, 0.1) is 26.5 Å². The van der Waals surface area contributed by atoms with Crippen LogP contribution < -0.4 is 14.8 Å². The van der Waals surface area contributed by atoms with Crippen LogP contribution in [-0.2, 0) is 10.1 Å². The van der Waals surface area contributed by atoms with Gasteiger partial charge in [-0.05, 0) is 24.3 Å². The highest BCUT2D eigenvalue weighted by Crippen LogP contribution is 2.31. The lowest BCUT2D eigenvalue weighted by atomic mass is 10.2. The smallest absolute Gasteiger partial charge is 0.405 e. The van der Waals surface area contributed by atoms with E-state index in [4.69, 9.17) is 44.7 Å². The third-order valence-corrected chi connectivity index (χ3v) is 5.45. The first kappa shape index (κ1) is 22.6. The normalized spacial score (nSPS) is 10.8. The van der Waals surface area contributed by atoms with E-state index in [-0.39, 0.29) is 33.0 Å². The molecule has 2 aromatic carbocycles. The number of anilines is 1. The van der Waals surface area contributed by atoms with Crippen LogP contribution in [0.3, 0.4) is 0 Å². The molecule has 2 rings (SSSR count). The van der Waals surface area contributed by atoms with Gasteiger partial charge < -0.3 is 19.9 Å². The van der Waals surface area contributed by atoms with Crippen molar-refractivity contribution in [2.45, 2.75) is 4.90 Å². The van der Waals surface area contributed by atoms with Crippen molar-refractivity contribution in [1.82, 2.24) is 5.32 Å². The Balaban J connectivity index is 2.30. The van der Waals surface area contributed by atoms with E-state index in [2.05, 4.69) is 5.32 Å². The van der Waals surface area contributed by atoms with Crippen molar-refractivity contribution in [2.75, 3.05) is 11.9 Å². The number of thiocarbonyl (C=S) groups is 1. The van der Waals surface area contributed by atoms with Crippen LogP contribution in [0.15, 0.2) is 41.3 Å². The third kappa shape index (κ3) is 6.15. The van der Waals surface area contributed by atoms with Gasteiger partial charge in [0, 0.05) is 12.1 Å². The summed E-state index contributed by atoms with van der Waals surface area (Å²) in [6.07, 6.45) is -1.33. The Labute approximate surface area is 179 Å². The maximum absolute atomic E-state index is 12.4. The molecule has 0 bridgehead atoms. The predicted molar refractivity (Wildman–Crippen MR) is 110 cm³/mol. The minimum absolute atomic E-state index is 0.0573. The molecule has 0 aromatic heterocycles. The topological polar surface area (TPSA) is 148 Å². The van der Waals surface area contributed by atoms with Gasteiger partial charge in [-0.25, -0.2) is 4.79 Å². The standard InChI is InChI=1S/C15H11Cl2N3O7S2/c16-10-3-1-8(5-11(10)17)27-29(25,26)9-2-4-12(13(6-9)20(23)24)19-14(28)7-18-15(21)22/h1-6,18H,7H2,(H,19,28)(H,21,22). The Kier molecular flexibility index (Phi) is 7.19. The number of nitro benzene ring substituents is 1. The summed E-state index contributed by atoms with van der Waals surface area (Å²) < 4.78 is 29.8. The predicted octanol–water partition coefficient (Wildman–Crippen LogP) is 3.68. The minimum atomic E-state index is -4.42. The van der Waals surface area contributed by atoms with E-state index in [1.165, 1.54) is 18.2 Å². The van der Waals surface area contributed by atoms with Crippen LogP contribution in [-0.4, -0.2) is 36.1 Å². The van der Waals surface area contributed by atoms with E-state index < -0.39 is 31.7 Å². The van der Waals surface area contributed by atoms with E-state index in [0.29, 0.717) is 0 Å². The molecule has 0 unspecified atom stereocenters. The molecule has 154 valence electrons. The second-order valence-electron chi connectivity index (χ2n) is 5.26. The molecule has 0 saturated carbocycles. The number of hydrogen-bond donors (Lipinski definition) is 3. The summed E-state index contributed by atoms with van der Waals surface area (Å²) in [5.41, 5.74) is -0.734. The van der Waals surface area contributed by atoms with Gasteiger partial charge in [0.15, 0.2) is 0 Å². The maximum atomic E-state index is 12.4. The number of amides is 1. The first-order chi connectivity index (χ1) is 13.5. The third-order valence-electron chi connectivity index (χ3n) is 3.23. The van der Waals surface area contributed by atoms with Gasteiger partial charge in [-0.15, -0.1) is 0 Å². The first-order valence-electron chi connectivity index (χ1n) is 7.44. The highest BCUT2D eigenvalue weighted by Gasteiger charge is 2.24. The number of halogens is 2. The summed E-state index contributed by atoms with van der Waals surface area (Å²) in [6.45, 7) is -0.289. The number of benzene rings is 2. The van der Waals surface area contributed by atoms with Crippen LogP contribution in [0, 0.1) is 10.1 Å². The van der Waals surface area contributed by atoms with Crippen molar-refractivity contribution in [3.8, 4) is 5.75 Å². The van der Waals surface area contributed by atoms with Crippen molar-refractivity contribution < 1.29 is 27.4 Å². The fourth-order valence-electron chi connectivity index (χ4n) is 1.98. The molecule has 0 saturated heterocycles. The number of nitrogens with one attached hydrogen (secondary N) is 2. The summed E-state index contributed by atoms with van der Waals surface area (Å²) in [5, 5.41) is 24.6. The van der Waals surface area contributed by atoms with E-state index in [1.807, 2.05) is 5.32 Å². The largest absolute Gasteiger partial charge is 0.465 e. The molecule has 3 N–H and O–H groups in total. The Morgan fingerprint density at radius 3 is 2.48 bits per heavy atom. The molecule has 0 atom stereocenters. The molecular formula is C15H11Cl2N3O7S2. The Morgan fingerprint density at radius 1 is 1.21 bits per heavy atom. The lowest BCUT2D eigenvalue weighted by Crippen LogP contribution is -2.30. The summed E-state index contributed by atoms with van der Waals surface area (Å²) in [5.74, 6) is -0.134. The molecule has 0 spiro atoms. The number of nitrogens with zero attached hydrogens (tertiary/aromatic N) is 1. The van der Waals surface area contributed by atoms with Crippen LogP contribution in [0.1, 0.15) is 0 Å². The Morgan fingerprint density at radius 2 is 1.90 bits per heavy atom. The highest BCUT2D eigenvalue weighted by atomic mass is 35.5. The van der Waals surface area contributed by atoms with E-state index >= 15 is 0 Å². The molecule has 10 nitrogen and oxygen atoms in total. The molecular weight excluding hydrogens is 469 g/mol. The molecule has 1 amide bonds. The van der Waals surface area contributed by atoms with Crippen molar-refractivity contribution in [2.24, 2.45) is 0 Å². The fraction of sp³-hybridized carbons (Fsp3) is 0.0667. The van der Waals surface area contributed by atoms with Crippen LogP contribution in [0.5, 0.6) is 5.75 Å². The second-order valence-corrected chi connectivity index (χ2v) is 8.11. The Hall–Kier alpha value is -2.67. The number of carboxylic acid groups (broad SMARTS) is 1. The van der Waals surface area contributed by atoms with Gasteiger partial charge in [-0.1, -0.05) is 35.4 Å². The molecule has 0 radical (unpaired) electrons. The first-order valence-corrected chi connectivity index (χ1v) is 10.0. The van der Waals surface area contributed by atoms with E-state index in [1.54, 1.807) is 0 Å². The molecule has 2 aromatic rings. The highest BCUT2D eigenvalue weighted by molar-refractivity contribution is 7.87. The fourth-order valence-corrected chi connectivity index (χ4v) is 3.39. The molecule has 29 heavy (non-hydrogen) atoms. The Bertz CT molecular complexity index is 1090. The van der Waals surface area contributed by atoms with Crippen LogP contribution in [0.2, 0.25) is 10.0 Å². The van der Waals surface area contributed by atoms with Gasteiger partial charge in [0.1, 0.15) is 16.3 Å². The van der Waals surface area contributed by atoms with Crippen molar-refractivity contribution >= 4 is 68.0 Å². The quantitative estimate of drug-likeness (QED) is 0.234. The SMILES string of the molecule is O=C(O)NCC(=S)Nc1ccc(S(=O)(=O)Oc2ccc(Cl)c(Cl)c2)cc1[N+](=O)[O-]. The van der Waals surface area contributed by atoms with Crippen molar-refractivity contribution in [3.05, 3.63) is 56.6 Å². The van der Waals surface area contributed by atoms with Gasteiger partial charge >= 0.3 is 16.2 Å². The molecule has 0 fully saturated rings. The van der Waals surface area contributed by atoms with Crippen LogP contribution >= 0.6 is 35.4 Å². The van der Waals surface area contributed by atoms with Crippen molar-refractivity contribution in [3.63, 3.8) is 0 Å². The summed E-state index contributed by atoms with van der Waals surface area (Å²) in [6, 6.07) is 6.73. The number of rotatable bonds is 7. The zero-order valence-corrected chi connectivity index (χ0v) is 17.2. The maximum Gasteiger partial charge on any atom is 0.405 e. The van der Waals surface area contributed by atoms with Crippen molar-refractivity contribution in [1.29, 1.82) is 0 Å². The average molecular weight is 480 g/mol. The summed E-state index contributed by atoms with van der Waals surface area (Å²) >= 11 is 16.5.